The minimum Gasteiger partial charge on any atom is -0.495 e. The van der Waals surface area contributed by atoms with Gasteiger partial charge in [-0.2, -0.15) is 12.6 Å². The number of para-hydroxylation sites is 2. The van der Waals surface area contributed by atoms with Crippen molar-refractivity contribution in [2.24, 2.45) is 0 Å². The molecule has 0 amide bonds. The zero-order valence-corrected chi connectivity index (χ0v) is 17.8. The number of hydrogen-bond acceptors (Lipinski definition) is 7. The zero-order valence-electron chi connectivity index (χ0n) is 16.2. The highest BCUT2D eigenvalue weighted by Gasteiger charge is 2.25. The number of rotatable bonds is 4. The first kappa shape index (κ1) is 19.5. The predicted octanol–water partition coefficient (Wildman–Crippen LogP) is 3.73. The molecular formula is C21H15ClN6O2S. The number of aromatic amines is 1. The molecule has 31 heavy (non-hydrogen) atoms. The van der Waals surface area contributed by atoms with E-state index in [2.05, 4.69) is 19.9 Å². The molecule has 0 spiro atoms. The van der Waals surface area contributed by atoms with Crippen LogP contribution in [0.1, 0.15) is 16.8 Å². The van der Waals surface area contributed by atoms with Crippen LogP contribution < -0.4 is 10.3 Å². The Balaban J connectivity index is 1.87. The smallest absolute Gasteiger partial charge is 0.267 e. The summed E-state index contributed by atoms with van der Waals surface area (Å²) in [7, 11) is 1.54. The Hall–Kier alpha value is -3.43. The van der Waals surface area contributed by atoms with E-state index in [1.807, 2.05) is 12.1 Å². The van der Waals surface area contributed by atoms with Crippen molar-refractivity contribution in [1.82, 2.24) is 29.5 Å². The molecular weight excluding hydrogens is 436 g/mol. The van der Waals surface area contributed by atoms with Crippen LogP contribution in [-0.4, -0.2) is 36.6 Å². The lowest BCUT2D eigenvalue weighted by molar-refractivity contribution is 0.412. The van der Waals surface area contributed by atoms with Gasteiger partial charge >= 0.3 is 0 Å². The lowest BCUT2D eigenvalue weighted by Gasteiger charge is -2.19. The SMILES string of the molecule is COc1ccccc1-n1c(C(S)c2ncnc3[nH]cnc23)nc2cccc(Cl)c2c1=O. The van der Waals surface area contributed by atoms with Gasteiger partial charge in [-0.05, 0) is 24.3 Å². The van der Waals surface area contributed by atoms with Crippen LogP contribution in [0.2, 0.25) is 5.02 Å². The number of nitrogens with one attached hydrogen (secondary N) is 1. The van der Waals surface area contributed by atoms with Crippen molar-refractivity contribution >= 4 is 46.3 Å². The number of ether oxygens (including phenoxy) is 1. The molecule has 3 heterocycles. The minimum atomic E-state index is -0.685. The first-order chi connectivity index (χ1) is 15.1. The molecule has 5 aromatic rings. The Bertz CT molecular complexity index is 1500. The van der Waals surface area contributed by atoms with Crippen LogP contribution in [0.5, 0.6) is 5.75 Å². The third kappa shape index (κ3) is 3.13. The lowest BCUT2D eigenvalue weighted by Crippen LogP contribution is -2.26. The van der Waals surface area contributed by atoms with Gasteiger partial charge in [0.25, 0.3) is 5.56 Å². The molecule has 1 unspecified atom stereocenters. The standard InChI is InChI=1S/C21H15ClN6O2S/c1-30-14-8-3-2-7-13(14)28-20(27-12-6-4-5-11(22)15(12)21(28)29)18(31)16-17-19(25-9-23-16)26-10-24-17/h2-10,18,31H,1H3,(H,23,24,25,26). The minimum absolute atomic E-state index is 0.312. The van der Waals surface area contributed by atoms with Crippen LogP contribution in [0.4, 0.5) is 0 Å². The first-order valence-corrected chi connectivity index (χ1v) is 10.2. The van der Waals surface area contributed by atoms with Crippen molar-refractivity contribution in [2.45, 2.75) is 5.25 Å². The van der Waals surface area contributed by atoms with E-state index < -0.39 is 5.25 Å². The number of methoxy groups -OCH3 is 1. The topological polar surface area (TPSA) is 98.6 Å². The molecule has 1 atom stereocenters. The van der Waals surface area contributed by atoms with Crippen LogP contribution in [0.25, 0.3) is 27.8 Å². The molecule has 0 radical (unpaired) electrons. The summed E-state index contributed by atoms with van der Waals surface area (Å²) in [5.74, 6) is 0.864. The van der Waals surface area contributed by atoms with E-state index >= 15 is 0 Å². The van der Waals surface area contributed by atoms with Gasteiger partial charge in [0.05, 0.1) is 40.7 Å². The highest BCUT2D eigenvalue weighted by molar-refractivity contribution is 7.80. The number of thiol groups is 1. The second-order valence-electron chi connectivity index (χ2n) is 6.68. The molecule has 2 aromatic carbocycles. The van der Waals surface area contributed by atoms with E-state index in [-0.39, 0.29) is 5.56 Å². The summed E-state index contributed by atoms with van der Waals surface area (Å²) in [5.41, 5.74) is 2.29. The summed E-state index contributed by atoms with van der Waals surface area (Å²) in [4.78, 5) is 34.3. The molecule has 154 valence electrons. The second kappa shape index (κ2) is 7.68. The van der Waals surface area contributed by atoms with Crippen LogP contribution in [-0.2, 0) is 0 Å². The number of fused-ring (bicyclic) bond motifs is 2. The van der Waals surface area contributed by atoms with Gasteiger partial charge in [0, 0.05) is 0 Å². The lowest BCUT2D eigenvalue weighted by atomic mass is 10.2. The highest BCUT2D eigenvalue weighted by atomic mass is 35.5. The fourth-order valence-corrected chi connectivity index (χ4v) is 4.16. The van der Waals surface area contributed by atoms with E-state index in [1.54, 1.807) is 37.4 Å². The molecule has 0 saturated heterocycles. The fourth-order valence-electron chi connectivity index (χ4n) is 3.54. The van der Waals surface area contributed by atoms with Gasteiger partial charge in [0.2, 0.25) is 0 Å². The average Bonchev–Trinajstić information content (AvgIpc) is 3.27. The summed E-state index contributed by atoms with van der Waals surface area (Å²) >= 11 is 11.2. The van der Waals surface area contributed by atoms with Crippen molar-refractivity contribution < 1.29 is 4.74 Å². The molecule has 0 aliphatic carbocycles. The summed E-state index contributed by atoms with van der Waals surface area (Å²) in [6.07, 6.45) is 2.95. The van der Waals surface area contributed by atoms with Gasteiger partial charge in [0.15, 0.2) is 5.65 Å². The number of imidazole rings is 1. The van der Waals surface area contributed by atoms with Crippen LogP contribution >= 0.6 is 24.2 Å². The van der Waals surface area contributed by atoms with Crippen molar-refractivity contribution in [3.8, 4) is 11.4 Å². The number of benzene rings is 2. The molecule has 0 saturated carbocycles. The molecule has 0 fully saturated rings. The Labute approximate surface area is 186 Å². The molecule has 3 aromatic heterocycles. The largest absolute Gasteiger partial charge is 0.495 e. The van der Waals surface area contributed by atoms with Gasteiger partial charge in [0.1, 0.15) is 28.7 Å². The average molecular weight is 451 g/mol. The molecule has 0 bridgehead atoms. The van der Waals surface area contributed by atoms with E-state index in [0.29, 0.717) is 50.0 Å². The maximum atomic E-state index is 13.7. The molecule has 5 rings (SSSR count). The van der Waals surface area contributed by atoms with Crippen molar-refractivity contribution in [3.63, 3.8) is 0 Å². The van der Waals surface area contributed by atoms with E-state index in [1.165, 1.54) is 17.2 Å². The Morgan fingerprint density at radius 2 is 1.97 bits per heavy atom. The van der Waals surface area contributed by atoms with Gasteiger partial charge in [-0.1, -0.05) is 29.8 Å². The van der Waals surface area contributed by atoms with Crippen molar-refractivity contribution in [3.05, 3.63) is 82.0 Å². The molecule has 8 nitrogen and oxygen atoms in total. The normalized spacial score (nSPS) is 12.4. The molecule has 10 heteroatoms. The monoisotopic (exact) mass is 450 g/mol. The predicted molar refractivity (Wildman–Crippen MR) is 121 cm³/mol. The third-order valence-electron chi connectivity index (χ3n) is 4.95. The summed E-state index contributed by atoms with van der Waals surface area (Å²) in [6.45, 7) is 0. The summed E-state index contributed by atoms with van der Waals surface area (Å²) in [6, 6.07) is 12.3. The Morgan fingerprint density at radius 3 is 2.81 bits per heavy atom. The first-order valence-electron chi connectivity index (χ1n) is 9.26. The number of aromatic nitrogens is 6. The number of halogens is 1. The second-order valence-corrected chi connectivity index (χ2v) is 7.60. The van der Waals surface area contributed by atoms with E-state index in [9.17, 15) is 4.79 Å². The summed E-state index contributed by atoms with van der Waals surface area (Å²) < 4.78 is 6.97. The number of nitrogens with zero attached hydrogens (tertiary/aromatic N) is 5. The van der Waals surface area contributed by atoms with Gasteiger partial charge in [-0.3, -0.25) is 9.36 Å². The fraction of sp³-hybridized carbons (Fsp3) is 0.0952. The summed E-state index contributed by atoms with van der Waals surface area (Å²) in [5, 5.41) is -0.0561. The quantitative estimate of drug-likeness (QED) is 0.405. The van der Waals surface area contributed by atoms with Crippen molar-refractivity contribution in [2.75, 3.05) is 7.11 Å². The van der Waals surface area contributed by atoms with Crippen LogP contribution in [0.3, 0.4) is 0 Å². The third-order valence-corrected chi connectivity index (χ3v) is 5.74. The molecule has 0 aliphatic rings. The van der Waals surface area contributed by atoms with Crippen LogP contribution in [0, 0.1) is 0 Å². The van der Waals surface area contributed by atoms with E-state index in [4.69, 9.17) is 34.0 Å². The highest BCUT2D eigenvalue weighted by Crippen LogP contribution is 2.33. The van der Waals surface area contributed by atoms with Gasteiger partial charge < -0.3 is 9.72 Å². The van der Waals surface area contributed by atoms with Gasteiger partial charge in [-0.15, -0.1) is 0 Å². The Kier molecular flexibility index (Phi) is 4.84. The number of H-pyrrole nitrogens is 1. The maximum absolute atomic E-state index is 13.7. The Morgan fingerprint density at radius 1 is 1.13 bits per heavy atom. The van der Waals surface area contributed by atoms with E-state index in [0.717, 1.165) is 0 Å². The van der Waals surface area contributed by atoms with Gasteiger partial charge in [-0.25, -0.2) is 19.9 Å². The number of hydrogen-bond donors (Lipinski definition) is 2. The molecule has 0 aliphatic heterocycles. The van der Waals surface area contributed by atoms with Crippen LogP contribution in [0.15, 0.2) is 59.9 Å². The maximum Gasteiger partial charge on any atom is 0.267 e. The van der Waals surface area contributed by atoms with Crippen molar-refractivity contribution in [1.29, 1.82) is 0 Å². The zero-order chi connectivity index (χ0) is 21.5. The molecule has 1 N–H and O–H groups in total.